The van der Waals surface area contributed by atoms with E-state index in [1.54, 1.807) is 12.1 Å². The van der Waals surface area contributed by atoms with Crippen molar-refractivity contribution in [3.05, 3.63) is 59.7 Å². The summed E-state index contributed by atoms with van der Waals surface area (Å²) in [6, 6.07) is 9.76. The van der Waals surface area contributed by atoms with E-state index in [-0.39, 0.29) is 22.6 Å². The van der Waals surface area contributed by atoms with Crippen molar-refractivity contribution in [3.63, 3.8) is 0 Å². The molecule has 0 aliphatic heterocycles. The van der Waals surface area contributed by atoms with Crippen LogP contribution in [0.4, 0.5) is 13.2 Å². The van der Waals surface area contributed by atoms with Crippen molar-refractivity contribution in [1.29, 1.82) is 0 Å². The van der Waals surface area contributed by atoms with Gasteiger partial charge in [0.15, 0.2) is 9.84 Å². The molecule has 2 aromatic carbocycles. The van der Waals surface area contributed by atoms with E-state index in [9.17, 15) is 36.3 Å². The van der Waals surface area contributed by atoms with Gasteiger partial charge in [0.05, 0.1) is 28.9 Å². The summed E-state index contributed by atoms with van der Waals surface area (Å²) in [6.07, 6.45) is -2.52. The number of alkyl halides is 3. The summed E-state index contributed by atoms with van der Waals surface area (Å²) in [5.41, 5.74) is -1.22. The molecule has 1 saturated carbocycles. The second-order valence-corrected chi connectivity index (χ2v) is 11.5. The zero-order chi connectivity index (χ0) is 26.5. The van der Waals surface area contributed by atoms with Crippen LogP contribution in [-0.4, -0.2) is 56.0 Å². The Labute approximate surface area is 211 Å². The maximum absolute atomic E-state index is 13.0. The highest BCUT2D eigenvalue weighted by molar-refractivity contribution is 7.98. The number of hydrogen-bond acceptors (Lipinski definition) is 6. The average Bonchev–Trinajstić information content (AvgIpc) is 2.83. The molecule has 1 aliphatic rings. The average molecular weight is 545 g/mol. The molecular weight excluding hydrogens is 517 g/mol. The number of thioether (sulfide) groups is 1. The van der Waals surface area contributed by atoms with Crippen molar-refractivity contribution in [2.75, 3.05) is 18.6 Å². The van der Waals surface area contributed by atoms with Crippen LogP contribution in [0.25, 0.3) is 0 Å². The molecule has 7 nitrogen and oxygen atoms in total. The highest BCUT2D eigenvalue weighted by atomic mass is 32.2. The minimum atomic E-state index is -4.61. The lowest BCUT2D eigenvalue weighted by molar-refractivity contribution is -0.137. The molecule has 2 aromatic rings. The summed E-state index contributed by atoms with van der Waals surface area (Å²) >= 11 is 1.48. The Morgan fingerprint density at radius 3 is 2.44 bits per heavy atom. The van der Waals surface area contributed by atoms with E-state index in [0.717, 1.165) is 17.0 Å². The second-order valence-electron chi connectivity index (χ2n) is 8.62. The molecule has 0 radical (unpaired) electrons. The summed E-state index contributed by atoms with van der Waals surface area (Å²) in [5.74, 6) is -2.28. The van der Waals surface area contributed by atoms with Gasteiger partial charge in [0.1, 0.15) is 0 Å². The van der Waals surface area contributed by atoms with Crippen LogP contribution in [0, 0.1) is 5.92 Å². The van der Waals surface area contributed by atoms with Crippen molar-refractivity contribution in [2.24, 2.45) is 5.92 Å². The molecule has 0 heterocycles. The van der Waals surface area contributed by atoms with Crippen LogP contribution in [0.2, 0.25) is 0 Å². The molecule has 1 aliphatic carbocycles. The molecule has 0 aromatic heterocycles. The number of halogens is 3. The van der Waals surface area contributed by atoms with Crippen LogP contribution in [0.5, 0.6) is 0 Å². The van der Waals surface area contributed by atoms with Gasteiger partial charge in [-0.1, -0.05) is 6.07 Å². The topological polar surface area (TPSA) is 113 Å². The van der Waals surface area contributed by atoms with Crippen molar-refractivity contribution in [2.45, 2.75) is 47.4 Å². The smallest absolute Gasteiger partial charge is 0.393 e. The Hall–Kier alpha value is -2.57. The van der Waals surface area contributed by atoms with Crippen molar-refractivity contribution in [1.82, 2.24) is 10.6 Å². The first-order valence-electron chi connectivity index (χ1n) is 11.2. The van der Waals surface area contributed by atoms with Crippen molar-refractivity contribution >= 4 is 33.4 Å². The van der Waals surface area contributed by atoms with E-state index < -0.39 is 58.0 Å². The van der Waals surface area contributed by atoms with E-state index >= 15 is 0 Å². The van der Waals surface area contributed by atoms with Gasteiger partial charge in [-0.2, -0.15) is 13.2 Å². The zero-order valence-corrected chi connectivity index (χ0v) is 21.0. The minimum absolute atomic E-state index is 0.152. The zero-order valence-electron chi connectivity index (χ0n) is 19.4. The summed E-state index contributed by atoms with van der Waals surface area (Å²) in [7, 11) is -3.69. The highest BCUT2D eigenvalue weighted by Gasteiger charge is 2.35. The lowest BCUT2D eigenvalue weighted by Gasteiger charge is -2.34. The number of aliphatic hydroxyl groups excluding tert-OH is 1. The van der Waals surface area contributed by atoms with Crippen LogP contribution in [0.15, 0.2) is 58.3 Å². The van der Waals surface area contributed by atoms with Crippen molar-refractivity contribution in [3.8, 4) is 0 Å². The number of carbonyl (C=O) groups is 2. The van der Waals surface area contributed by atoms with E-state index in [1.165, 1.54) is 30.0 Å². The van der Waals surface area contributed by atoms with Gasteiger partial charge >= 0.3 is 6.18 Å². The first-order chi connectivity index (χ1) is 16.9. The van der Waals surface area contributed by atoms with Gasteiger partial charge in [-0.15, -0.1) is 11.8 Å². The quantitative estimate of drug-likeness (QED) is 0.440. The fraction of sp³-hybridized carbons (Fsp3) is 0.417. The number of amides is 2. The summed E-state index contributed by atoms with van der Waals surface area (Å²) < 4.78 is 64.6. The molecule has 196 valence electrons. The third-order valence-electron chi connectivity index (χ3n) is 6.01. The van der Waals surface area contributed by atoms with Gasteiger partial charge in [0.2, 0.25) is 5.91 Å². The van der Waals surface area contributed by atoms with E-state index in [0.29, 0.717) is 18.9 Å². The Balaban J connectivity index is 1.62. The minimum Gasteiger partial charge on any atom is -0.393 e. The standard InChI is InChI=1S/C24H27F3N2O5S2/c1-35-19-6-8-20(9-7-19)36(33,34)14-16-12-18(30)5-10-21(16)29-22(31)13-28-23(32)15-3-2-4-17(11-15)24(25,26)27/h2-4,6-9,11,16,18,21,30H,5,10,12-14H2,1H3,(H,28,32)(H,29,31)/t16-,18-,21+/m1/s1. The normalized spacial score (nSPS) is 20.5. The number of benzene rings is 2. The summed E-state index contributed by atoms with van der Waals surface area (Å²) in [4.78, 5) is 25.8. The number of hydrogen-bond donors (Lipinski definition) is 3. The fourth-order valence-electron chi connectivity index (χ4n) is 4.13. The van der Waals surface area contributed by atoms with Crippen molar-refractivity contribution < 1.29 is 36.3 Å². The van der Waals surface area contributed by atoms with Gasteiger partial charge in [-0.25, -0.2) is 8.42 Å². The molecule has 3 atom stereocenters. The Morgan fingerprint density at radius 2 is 1.81 bits per heavy atom. The number of nitrogens with one attached hydrogen (secondary N) is 2. The Bertz CT molecular complexity index is 1190. The molecule has 36 heavy (non-hydrogen) atoms. The lowest BCUT2D eigenvalue weighted by Crippen LogP contribution is -2.49. The van der Waals surface area contributed by atoms with Crippen LogP contribution in [0.3, 0.4) is 0 Å². The molecule has 3 rings (SSSR count). The van der Waals surface area contributed by atoms with Crippen LogP contribution >= 0.6 is 11.8 Å². The predicted octanol–water partition coefficient (Wildman–Crippen LogP) is 3.28. The molecule has 1 fully saturated rings. The Kier molecular flexibility index (Phi) is 9.07. The first kappa shape index (κ1) is 28.0. The molecule has 3 N–H and O–H groups in total. The molecule has 0 saturated heterocycles. The maximum atomic E-state index is 13.0. The largest absolute Gasteiger partial charge is 0.416 e. The number of aliphatic hydroxyl groups is 1. The number of sulfone groups is 1. The maximum Gasteiger partial charge on any atom is 0.416 e. The van der Waals surface area contributed by atoms with Crippen LogP contribution in [-0.2, 0) is 20.8 Å². The van der Waals surface area contributed by atoms with Gasteiger partial charge < -0.3 is 15.7 Å². The second kappa shape index (κ2) is 11.7. The highest BCUT2D eigenvalue weighted by Crippen LogP contribution is 2.30. The Morgan fingerprint density at radius 1 is 1.11 bits per heavy atom. The van der Waals surface area contributed by atoms with Gasteiger partial charge in [-0.3, -0.25) is 9.59 Å². The van der Waals surface area contributed by atoms with Crippen LogP contribution in [0.1, 0.15) is 35.2 Å². The van der Waals surface area contributed by atoms with Gasteiger partial charge in [0.25, 0.3) is 5.91 Å². The summed E-state index contributed by atoms with van der Waals surface area (Å²) in [6.45, 7) is -0.496. The van der Waals surface area contributed by atoms with E-state index in [2.05, 4.69) is 10.6 Å². The molecular formula is C24H27F3N2O5S2. The summed E-state index contributed by atoms with van der Waals surface area (Å²) in [5, 5.41) is 15.1. The molecule has 0 unspecified atom stereocenters. The SMILES string of the molecule is CSc1ccc(S(=O)(=O)C[C@H]2C[C@H](O)CC[C@@H]2NC(=O)CNC(=O)c2cccc(C(F)(F)F)c2)cc1. The number of carbonyl (C=O) groups excluding carboxylic acids is 2. The van der Waals surface area contributed by atoms with Gasteiger partial charge in [0, 0.05) is 16.5 Å². The van der Waals surface area contributed by atoms with E-state index in [1.807, 2.05) is 6.26 Å². The van der Waals surface area contributed by atoms with Gasteiger partial charge in [-0.05, 0) is 73.9 Å². The van der Waals surface area contributed by atoms with E-state index in [4.69, 9.17) is 0 Å². The monoisotopic (exact) mass is 544 g/mol. The third kappa shape index (κ3) is 7.47. The molecule has 12 heteroatoms. The molecule has 2 amide bonds. The number of rotatable bonds is 8. The van der Waals surface area contributed by atoms with Crippen LogP contribution < -0.4 is 10.6 Å². The molecule has 0 bridgehead atoms. The fourth-order valence-corrected chi connectivity index (χ4v) is 6.22. The molecule has 0 spiro atoms. The first-order valence-corrected chi connectivity index (χ1v) is 14.1. The third-order valence-corrected chi connectivity index (χ3v) is 8.62. The lowest BCUT2D eigenvalue weighted by atomic mass is 9.84. The predicted molar refractivity (Wildman–Crippen MR) is 129 cm³/mol.